The molecule has 0 saturated heterocycles. The second-order valence-corrected chi connectivity index (χ2v) is 3.78. The molecule has 1 aromatic heterocycles. The molecule has 0 aromatic carbocycles. The van der Waals surface area contributed by atoms with Crippen molar-refractivity contribution >= 4 is 0 Å². The molecule has 1 saturated carbocycles. The van der Waals surface area contributed by atoms with E-state index >= 15 is 0 Å². The van der Waals surface area contributed by atoms with Crippen LogP contribution in [0.3, 0.4) is 0 Å². The summed E-state index contributed by atoms with van der Waals surface area (Å²) in [7, 11) is 0. The van der Waals surface area contributed by atoms with Crippen LogP contribution < -0.4 is 0 Å². The molecule has 3 nitrogen and oxygen atoms in total. The highest BCUT2D eigenvalue weighted by Gasteiger charge is 2.17. The first kappa shape index (κ1) is 9.14. The van der Waals surface area contributed by atoms with E-state index in [1.807, 2.05) is 6.07 Å². The average molecular weight is 187 g/mol. The highest BCUT2D eigenvalue weighted by molar-refractivity contribution is 5.22. The van der Waals surface area contributed by atoms with E-state index in [4.69, 9.17) is 5.26 Å². The van der Waals surface area contributed by atoms with Gasteiger partial charge < -0.3 is 0 Å². The normalized spacial score (nSPS) is 17.6. The number of aromatic nitrogens is 2. The molecule has 0 bridgehead atoms. The maximum atomic E-state index is 8.61. The van der Waals surface area contributed by atoms with Crippen LogP contribution in [-0.4, -0.2) is 9.97 Å². The highest BCUT2D eigenvalue weighted by Crippen LogP contribution is 2.30. The molecule has 0 aliphatic heterocycles. The quantitative estimate of drug-likeness (QED) is 0.678. The fourth-order valence-electron chi connectivity index (χ4n) is 1.97. The fourth-order valence-corrected chi connectivity index (χ4v) is 1.97. The molecule has 1 aliphatic carbocycles. The average Bonchev–Trinajstić information content (AvgIpc) is 2.30. The van der Waals surface area contributed by atoms with E-state index in [9.17, 15) is 0 Å². The van der Waals surface area contributed by atoms with Crippen LogP contribution in [0.15, 0.2) is 12.4 Å². The van der Waals surface area contributed by atoms with Gasteiger partial charge in [-0.15, -0.1) is 0 Å². The molecule has 1 heterocycles. The van der Waals surface area contributed by atoms with Gasteiger partial charge >= 0.3 is 0 Å². The standard InChI is InChI=1S/C11H13N3/c12-6-9-7-13-11(14-8-9)10-4-2-1-3-5-10/h7-8,10H,1-5H2. The minimum Gasteiger partial charge on any atom is -0.240 e. The monoisotopic (exact) mass is 187 g/mol. The van der Waals surface area contributed by atoms with Crippen LogP contribution in [0.4, 0.5) is 0 Å². The predicted molar refractivity (Wildman–Crippen MR) is 52.6 cm³/mol. The molecule has 1 fully saturated rings. The highest BCUT2D eigenvalue weighted by atomic mass is 14.9. The minimum atomic E-state index is 0.525. The molecule has 14 heavy (non-hydrogen) atoms. The van der Waals surface area contributed by atoms with Gasteiger partial charge in [-0.05, 0) is 12.8 Å². The van der Waals surface area contributed by atoms with Gasteiger partial charge in [0, 0.05) is 18.3 Å². The van der Waals surface area contributed by atoms with Crippen molar-refractivity contribution in [3.63, 3.8) is 0 Å². The maximum Gasteiger partial charge on any atom is 0.131 e. The van der Waals surface area contributed by atoms with Crippen LogP contribution in [0.25, 0.3) is 0 Å². The van der Waals surface area contributed by atoms with Gasteiger partial charge in [-0.3, -0.25) is 0 Å². The summed E-state index contributed by atoms with van der Waals surface area (Å²) in [5, 5.41) is 8.61. The summed E-state index contributed by atoms with van der Waals surface area (Å²) in [6.45, 7) is 0. The van der Waals surface area contributed by atoms with Gasteiger partial charge in [0.05, 0.1) is 5.56 Å². The van der Waals surface area contributed by atoms with Crippen molar-refractivity contribution in [1.82, 2.24) is 9.97 Å². The molecular formula is C11H13N3. The van der Waals surface area contributed by atoms with Crippen molar-refractivity contribution in [3.8, 4) is 6.07 Å². The Kier molecular flexibility index (Phi) is 2.73. The molecule has 1 aromatic rings. The lowest BCUT2D eigenvalue weighted by molar-refractivity contribution is 0.428. The topological polar surface area (TPSA) is 49.6 Å². The molecule has 0 amide bonds. The molecule has 2 rings (SSSR count). The van der Waals surface area contributed by atoms with Crippen LogP contribution >= 0.6 is 0 Å². The maximum absolute atomic E-state index is 8.61. The Morgan fingerprint density at radius 3 is 2.36 bits per heavy atom. The van der Waals surface area contributed by atoms with Gasteiger partial charge in [0.15, 0.2) is 0 Å². The number of nitrogens with zero attached hydrogens (tertiary/aromatic N) is 3. The Morgan fingerprint density at radius 2 is 1.79 bits per heavy atom. The Balaban J connectivity index is 2.12. The zero-order chi connectivity index (χ0) is 9.80. The molecule has 0 spiro atoms. The van der Waals surface area contributed by atoms with Crippen molar-refractivity contribution in [3.05, 3.63) is 23.8 Å². The minimum absolute atomic E-state index is 0.525. The van der Waals surface area contributed by atoms with Gasteiger partial charge in [0.1, 0.15) is 11.9 Å². The van der Waals surface area contributed by atoms with E-state index in [0.717, 1.165) is 5.82 Å². The first-order valence-corrected chi connectivity index (χ1v) is 5.12. The molecule has 72 valence electrons. The number of hydrogen-bond donors (Lipinski definition) is 0. The molecule has 1 aliphatic rings. The van der Waals surface area contributed by atoms with E-state index in [0.29, 0.717) is 11.5 Å². The summed E-state index contributed by atoms with van der Waals surface area (Å²) in [5.74, 6) is 1.44. The molecule has 0 atom stereocenters. The summed E-state index contributed by atoms with van der Waals surface area (Å²) >= 11 is 0. The largest absolute Gasteiger partial charge is 0.240 e. The smallest absolute Gasteiger partial charge is 0.131 e. The summed E-state index contributed by atoms with van der Waals surface area (Å²) in [4.78, 5) is 8.48. The van der Waals surface area contributed by atoms with Crippen molar-refractivity contribution < 1.29 is 0 Å². The first-order valence-electron chi connectivity index (χ1n) is 5.12. The summed E-state index contributed by atoms with van der Waals surface area (Å²) < 4.78 is 0. The van der Waals surface area contributed by atoms with Crippen molar-refractivity contribution in [2.24, 2.45) is 0 Å². The fraction of sp³-hybridized carbons (Fsp3) is 0.545. The van der Waals surface area contributed by atoms with E-state index in [-0.39, 0.29) is 0 Å². The summed E-state index contributed by atoms with van der Waals surface area (Å²) in [5.41, 5.74) is 0.546. The van der Waals surface area contributed by atoms with Crippen LogP contribution in [0.1, 0.15) is 49.4 Å². The first-order chi connectivity index (χ1) is 6.90. The van der Waals surface area contributed by atoms with Crippen molar-refractivity contribution in [1.29, 1.82) is 5.26 Å². The van der Waals surface area contributed by atoms with Gasteiger partial charge in [-0.1, -0.05) is 19.3 Å². The van der Waals surface area contributed by atoms with E-state index in [1.165, 1.54) is 32.1 Å². The number of nitriles is 1. The SMILES string of the molecule is N#Cc1cnc(C2CCCCC2)nc1. The zero-order valence-electron chi connectivity index (χ0n) is 8.11. The zero-order valence-corrected chi connectivity index (χ0v) is 8.11. The molecule has 0 N–H and O–H groups in total. The van der Waals surface area contributed by atoms with E-state index in [2.05, 4.69) is 9.97 Å². The molecule has 0 unspecified atom stereocenters. The van der Waals surface area contributed by atoms with Gasteiger partial charge in [-0.2, -0.15) is 5.26 Å². The van der Waals surface area contributed by atoms with E-state index < -0.39 is 0 Å². The van der Waals surface area contributed by atoms with Crippen LogP contribution in [0.2, 0.25) is 0 Å². The number of hydrogen-bond acceptors (Lipinski definition) is 3. The predicted octanol–water partition coefficient (Wildman–Crippen LogP) is 2.40. The van der Waals surface area contributed by atoms with Crippen LogP contribution in [-0.2, 0) is 0 Å². The Hall–Kier alpha value is -1.43. The lowest BCUT2D eigenvalue weighted by Gasteiger charge is -2.19. The Morgan fingerprint density at radius 1 is 1.14 bits per heavy atom. The lowest BCUT2D eigenvalue weighted by atomic mass is 9.89. The van der Waals surface area contributed by atoms with Crippen molar-refractivity contribution in [2.75, 3.05) is 0 Å². The summed E-state index contributed by atoms with van der Waals surface area (Å²) in [6.07, 6.45) is 9.56. The third-order valence-corrected chi connectivity index (χ3v) is 2.77. The Bertz CT molecular complexity index is 331. The van der Waals surface area contributed by atoms with Crippen molar-refractivity contribution in [2.45, 2.75) is 38.0 Å². The van der Waals surface area contributed by atoms with Crippen LogP contribution in [0, 0.1) is 11.3 Å². The molecular weight excluding hydrogens is 174 g/mol. The van der Waals surface area contributed by atoms with Crippen LogP contribution in [0.5, 0.6) is 0 Å². The van der Waals surface area contributed by atoms with Gasteiger partial charge in [0.25, 0.3) is 0 Å². The van der Waals surface area contributed by atoms with Gasteiger partial charge in [-0.25, -0.2) is 9.97 Å². The Labute approximate surface area is 83.8 Å². The third kappa shape index (κ3) is 1.90. The van der Waals surface area contributed by atoms with Gasteiger partial charge in [0.2, 0.25) is 0 Å². The lowest BCUT2D eigenvalue weighted by Crippen LogP contribution is -2.08. The second kappa shape index (κ2) is 4.19. The molecule has 0 radical (unpaired) electrons. The van der Waals surface area contributed by atoms with E-state index in [1.54, 1.807) is 12.4 Å². The third-order valence-electron chi connectivity index (χ3n) is 2.77. The second-order valence-electron chi connectivity index (χ2n) is 3.78. The summed E-state index contributed by atoms with van der Waals surface area (Å²) in [6, 6.07) is 2.03. The molecule has 3 heteroatoms. The number of rotatable bonds is 1.